The van der Waals surface area contributed by atoms with Crippen LogP contribution in [-0.4, -0.2) is 29.6 Å². The predicted molar refractivity (Wildman–Crippen MR) is 84.8 cm³/mol. The molecule has 23 heavy (non-hydrogen) atoms. The molecule has 1 aliphatic heterocycles. The van der Waals surface area contributed by atoms with Gasteiger partial charge in [-0.15, -0.1) is 0 Å². The SMILES string of the molecule is CC(C)(C)OC(=O)N[C@@H](CC1C(=O)Nc2ccccc21)C(N)=O. The molecule has 1 heterocycles. The van der Waals surface area contributed by atoms with Crippen molar-refractivity contribution in [3.05, 3.63) is 29.8 Å². The predicted octanol–water partition coefficient (Wildman–Crippen LogP) is 1.49. The molecule has 1 aromatic rings. The standard InChI is InChI=1S/C16H21N3O4/c1-16(2,3)23-15(22)19-12(13(17)20)8-10-9-6-4-5-7-11(9)18-14(10)21/h4-7,10,12H,8H2,1-3H3,(H2,17,20)(H,18,21)(H,19,22)/t10?,12-/m0/s1. The first kappa shape index (κ1) is 16.8. The van der Waals surface area contributed by atoms with Gasteiger partial charge in [-0.05, 0) is 38.8 Å². The summed E-state index contributed by atoms with van der Waals surface area (Å²) in [6.45, 7) is 5.14. The number of hydrogen-bond acceptors (Lipinski definition) is 4. The monoisotopic (exact) mass is 319 g/mol. The molecule has 0 saturated carbocycles. The number of benzene rings is 1. The number of rotatable bonds is 4. The zero-order chi connectivity index (χ0) is 17.2. The molecule has 0 saturated heterocycles. The normalized spacial score (nSPS) is 17.9. The number of nitrogens with two attached hydrogens (primary N) is 1. The first-order valence-corrected chi connectivity index (χ1v) is 7.36. The third-order valence-electron chi connectivity index (χ3n) is 3.42. The molecule has 0 fully saturated rings. The number of alkyl carbamates (subject to hydrolysis) is 1. The van der Waals surface area contributed by atoms with Gasteiger partial charge < -0.3 is 21.1 Å². The molecule has 0 aromatic heterocycles. The van der Waals surface area contributed by atoms with Gasteiger partial charge in [0.1, 0.15) is 11.6 Å². The quantitative estimate of drug-likeness (QED) is 0.780. The molecule has 0 bridgehead atoms. The van der Waals surface area contributed by atoms with E-state index in [1.54, 1.807) is 26.8 Å². The number of nitrogens with one attached hydrogen (secondary N) is 2. The largest absolute Gasteiger partial charge is 0.444 e. The number of primary amides is 1. The lowest BCUT2D eigenvalue weighted by atomic mass is 9.93. The highest BCUT2D eigenvalue weighted by Gasteiger charge is 2.34. The molecule has 1 unspecified atom stereocenters. The Kier molecular flexibility index (Phi) is 4.58. The summed E-state index contributed by atoms with van der Waals surface area (Å²) in [5.41, 5.74) is 6.16. The fourth-order valence-corrected chi connectivity index (χ4v) is 2.44. The third-order valence-corrected chi connectivity index (χ3v) is 3.42. The van der Waals surface area contributed by atoms with Crippen molar-refractivity contribution in [3.63, 3.8) is 0 Å². The van der Waals surface area contributed by atoms with Gasteiger partial charge in [0, 0.05) is 5.69 Å². The molecule has 124 valence electrons. The Labute approximate surface area is 134 Å². The number of hydrogen-bond donors (Lipinski definition) is 3. The molecular formula is C16H21N3O4. The van der Waals surface area contributed by atoms with E-state index in [9.17, 15) is 14.4 Å². The number of amides is 3. The third kappa shape index (κ3) is 4.21. The van der Waals surface area contributed by atoms with Crippen LogP contribution in [0.15, 0.2) is 24.3 Å². The minimum Gasteiger partial charge on any atom is -0.444 e. The molecule has 0 radical (unpaired) electrons. The van der Waals surface area contributed by atoms with Gasteiger partial charge in [0.15, 0.2) is 0 Å². The number of para-hydroxylation sites is 1. The van der Waals surface area contributed by atoms with Gasteiger partial charge in [-0.1, -0.05) is 18.2 Å². The maximum absolute atomic E-state index is 12.1. The molecule has 0 spiro atoms. The second kappa shape index (κ2) is 6.28. The van der Waals surface area contributed by atoms with E-state index >= 15 is 0 Å². The van der Waals surface area contributed by atoms with Crippen molar-refractivity contribution in [1.82, 2.24) is 5.32 Å². The van der Waals surface area contributed by atoms with Gasteiger partial charge in [0.05, 0.1) is 5.92 Å². The van der Waals surface area contributed by atoms with E-state index in [0.717, 1.165) is 5.56 Å². The van der Waals surface area contributed by atoms with E-state index in [1.165, 1.54) is 0 Å². The Bertz CT molecular complexity index is 636. The van der Waals surface area contributed by atoms with Crippen molar-refractivity contribution in [2.75, 3.05) is 5.32 Å². The second-order valence-electron chi connectivity index (χ2n) is 6.47. The maximum Gasteiger partial charge on any atom is 0.408 e. The first-order valence-electron chi connectivity index (χ1n) is 7.36. The van der Waals surface area contributed by atoms with E-state index < -0.39 is 29.6 Å². The van der Waals surface area contributed by atoms with Crippen LogP contribution in [0.3, 0.4) is 0 Å². The van der Waals surface area contributed by atoms with Crippen molar-refractivity contribution in [2.24, 2.45) is 5.73 Å². The molecular weight excluding hydrogens is 298 g/mol. The van der Waals surface area contributed by atoms with Gasteiger partial charge in [0.25, 0.3) is 0 Å². The van der Waals surface area contributed by atoms with Gasteiger partial charge in [-0.25, -0.2) is 4.79 Å². The van der Waals surface area contributed by atoms with Crippen molar-refractivity contribution in [1.29, 1.82) is 0 Å². The second-order valence-corrected chi connectivity index (χ2v) is 6.47. The molecule has 2 rings (SSSR count). The number of fused-ring (bicyclic) bond motifs is 1. The molecule has 3 amide bonds. The van der Waals surface area contributed by atoms with E-state index in [0.29, 0.717) is 5.69 Å². The minimum absolute atomic E-state index is 0.0808. The highest BCUT2D eigenvalue weighted by Crippen LogP contribution is 2.35. The number of carbonyl (C=O) groups is 3. The molecule has 1 aromatic carbocycles. The van der Waals surface area contributed by atoms with Crippen LogP contribution < -0.4 is 16.4 Å². The molecule has 1 aliphatic rings. The first-order chi connectivity index (χ1) is 10.7. The van der Waals surface area contributed by atoms with Gasteiger partial charge >= 0.3 is 6.09 Å². The number of ether oxygens (including phenoxy) is 1. The van der Waals surface area contributed by atoms with Gasteiger partial charge in [0.2, 0.25) is 11.8 Å². The Balaban J connectivity index is 2.10. The summed E-state index contributed by atoms with van der Waals surface area (Å²) in [6, 6.07) is 6.22. The Morgan fingerprint density at radius 2 is 2.00 bits per heavy atom. The fraction of sp³-hybridized carbons (Fsp3) is 0.438. The zero-order valence-electron chi connectivity index (χ0n) is 13.4. The topological polar surface area (TPSA) is 111 Å². The van der Waals surface area contributed by atoms with Crippen molar-refractivity contribution in [3.8, 4) is 0 Å². The summed E-state index contributed by atoms with van der Waals surface area (Å²) in [7, 11) is 0. The van der Waals surface area contributed by atoms with E-state index in [2.05, 4.69) is 10.6 Å². The maximum atomic E-state index is 12.1. The van der Waals surface area contributed by atoms with Gasteiger partial charge in [-0.3, -0.25) is 9.59 Å². The smallest absolute Gasteiger partial charge is 0.408 e. The van der Waals surface area contributed by atoms with Crippen molar-refractivity contribution >= 4 is 23.6 Å². The van der Waals surface area contributed by atoms with Crippen LogP contribution >= 0.6 is 0 Å². The summed E-state index contributed by atoms with van der Waals surface area (Å²) >= 11 is 0. The lowest BCUT2D eigenvalue weighted by molar-refractivity contribution is -0.121. The minimum atomic E-state index is -0.994. The van der Waals surface area contributed by atoms with E-state index in [4.69, 9.17) is 10.5 Å². The van der Waals surface area contributed by atoms with Crippen molar-refractivity contribution < 1.29 is 19.1 Å². The summed E-state index contributed by atoms with van der Waals surface area (Å²) in [5.74, 6) is -1.48. The van der Waals surface area contributed by atoms with Crippen LogP contribution in [0, 0.1) is 0 Å². The Hall–Kier alpha value is -2.57. The van der Waals surface area contributed by atoms with Crippen LogP contribution in [-0.2, 0) is 14.3 Å². The lowest BCUT2D eigenvalue weighted by Gasteiger charge is -2.23. The van der Waals surface area contributed by atoms with Crippen LogP contribution in [0.4, 0.5) is 10.5 Å². The van der Waals surface area contributed by atoms with Crippen LogP contribution in [0.1, 0.15) is 38.7 Å². The Morgan fingerprint density at radius 3 is 2.61 bits per heavy atom. The van der Waals surface area contributed by atoms with E-state index in [1.807, 2.05) is 18.2 Å². The summed E-state index contributed by atoms with van der Waals surface area (Å²) < 4.78 is 5.12. The average molecular weight is 319 g/mol. The highest BCUT2D eigenvalue weighted by atomic mass is 16.6. The number of carbonyl (C=O) groups excluding carboxylic acids is 3. The molecule has 0 aliphatic carbocycles. The highest BCUT2D eigenvalue weighted by molar-refractivity contribution is 6.03. The van der Waals surface area contributed by atoms with Crippen molar-refractivity contribution in [2.45, 2.75) is 44.8 Å². The average Bonchev–Trinajstić information content (AvgIpc) is 2.72. The lowest BCUT2D eigenvalue weighted by Crippen LogP contribution is -2.47. The summed E-state index contributed by atoms with van der Waals surface area (Å²) in [5, 5.41) is 5.18. The van der Waals surface area contributed by atoms with Crippen LogP contribution in [0.25, 0.3) is 0 Å². The molecule has 4 N–H and O–H groups in total. The molecule has 7 nitrogen and oxygen atoms in total. The summed E-state index contributed by atoms with van der Waals surface area (Å²) in [4.78, 5) is 35.6. The fourth-order valence-electron chi connectivity index (χ4n) is 2.44. The van der Waals surface area contributed by atoms with Crippen LogP contribution in [0.5, 0.6) is 0 Å². The van der Waals surface area contributed by atoms with Crippen LogP contribution in [0.2, 0.25) is 0 Å². The van der Waals surface area contributed by atoms with E-state index in [-0.39, 0.29) is 12.3 Å². The number of anilines is 1. The molecule has 2 atom stereocenters. The molecule has 7 heteroatoms. The Morgan fingerprint density at radius 1 is 1.35 bits per heavy atom. The zero-order valence-corrected chi connectivity index (χ0v) is 13.4. The summed E-state index contributed by atoms with van der Waals surface area (Å²) in [6.07, 6.45) is -0.662. The van der Waals surface area contributed by atoms with Gasteiger partial charge in [-0.2, -0.15) is 0 Å².